The van der Waals surface area contributed by atoms with Crippen molar-refractivity contribution in [1.82, 2.24) is 10.2 Å². The van der Waals surface area contributed by atoms with Crippen LogP contribution in [0.4, 0.5) is 4.39 Å². The van der Waals surface area contributed by atoms with E-state index in [1.54, 1.807) is 12.1 Å². The summed E-state index contributed by atoms with van der Waals surface area (Å²) in [6, 6.07) is 6.71. The number of nitriles is 1. The van der Waals surface area contributed by atoms with Crippen LogP contribution in [-0.2, 0) is 6.54 Å². The van der Waals surface area contributed by atoms with Gasteiger partial charge in [0.1, 0.15) is 5.82 Å². The molecule has 4 heteroatoms. The van der Waals surface area contributed by atoms with Crippen molar-refractivity contribution in [3.05, 3.63) is 35.1 Å². The van der Waals surface area contributed by atoms with Crippen molar-refractivity contribution in [3.8, 4) is 6.07 Å². The lowest BCUT2D eigenvalue weighted by molar-refractivity contribution is 0.301. The number of halogens is 1. The first-order chi connectivity index (χ1) is 8.76. The molecule has 18 heavy (non-hydrogen) atoms. The maximum Gasteiger partial charge on any atom is 0.129 e. The monoisotopic (exact) mass is 245 g/mol. The molecule has 2 aliphatic heterocycles. The third kappa shape index (κ3) is 2.12. The van der Waals surface area contributed by atoms with E-state index in [0.29, 0.717) is 17.7 Å². The highest BCUT2D eigenvalue weighted by Crippen LogP contribution is 2.27. The van der Waals surface area contributed by atoms with E-state index in [-0.39, 0.29) is 5.82 Å². The van der Waals surface area contributed by atoms with Crippen molar-refractivity contribution in [1.29, 1.82) is 5.26 Å². The summed E-state index contributed by atoms with van der Waals surface area (Å²) in [5, 5.41) is 12.1. The van der Waals surface area contributed by atoms with Crippen LogP contribution in [-0.4, -0.2) is 31.1 Å². The molecule has 0 aliphatic carbocycles. The number of rotatable bonds is 2. The van der Waals surface area contributed by atoms with Gasteiger partial charge in [-0.2, -0.15) is 5.26 Å². The lowest BCUT2D eigenvalue weighted by Crippen LogP contribution is -2.25. The minimum Gasteiger partial charge on any atom is -0.316 e. The van der Waals surface area contributed by atoms with Crippen LogP contribution < -0.4 is 5.32 Å². The zero-order valence-electron chi connectivity index (χ0n) is 10.2. The molecular formula is C14H16FN3. The number of likely N-dealkylation sites (tertiary alicyclic amines) is 1. The Morgan fingerprint density at radius 1 is 1.33 bits per heavy atom. The third-order valence-electron chi connectivity index (χ3n) is 4.04. The highest BCUT2D eigenvalue weighted by Gasteiger charge is 2.35. The molecule has 0 bridgehead atoms. The zero-order chi connectivity index (χ0) is 12.5. The average molecular weight is 245 g/mol. The predicted molar refractivity (Wildman–Crippen MR) is 66.2 cm³/mol. The van der Waals surface area contributed by atoms with Gasteiger partial charge in [0.2, 0.25) is 0 Å². The van der Waals surface area contributed by atoms with E-state index in [1.807, 2.05) is 6.07 Å². The van der Waals surface area contributed by atoms with Gasteiger partial charge in [-0.05, 0) is 37.1 Å². The molecule has 2 saturated heterocycles. The highest BCUT2D eigenvalue weighted by molar-refractivity contribution is 5.32. The molecule has 1 aromatic rings. The summed E-state index contributed by atoms with van der Waals surface area (Å²) in [5.74, 6) is 1.20. The lowest BCUT2D eigenvalue weighted by Gasteiger charge is -2.17. The van der Waals surface area contributed by atoms with Gasteiger partial charge in [-0.3, -0.25) is 4.90 Å². The number of benzene rings is 1. The Labute approximate surface area is 106 Å². The zero-order valence-corrected chi connectivity index (χ0v) is 10.2. The first kappa shape index (κ1) is 11.6. The predicted octanol–water partition coefficient (Wildman–Crippen LogP) is 1.35. The number of nitrogens with one attached hydrogen (secondary N) is 1. The minimum absolute atomic E-state index is 0.260. The van der Waals surface area contributed by atoms with Gasteiger partial charge < -0.3 is 5.32 Å². The van der Waals surface area contributed by atoms with Gasteiger partial charge in [0.25, 0.3) is 0 Å². The SMILES string of the molecule is N#Cc1ccc(CN2CC3CNCC3C2)c(F)c1. The second-order valence-electron chi connectivity index (χ2n) is 5.29. The Morgan fingerprint density at radius 2 is 2.06 bits per heavy atom. The Morgan fingerprint density at radius 3 is 2.67 bits per heavy atom. The van der Waals surface area contributed by atoms with Crippen LogP contribution in [0.25, 0.3) is 0 Å². The van der Waals surface area contributed by atoms with E-state index in [4.69, 9.17) is 5.26 Å². The lowest BCUT2D eigenvalue weighted by atomic mass is 10.0. The van der Waals surface area contributed by atoms with Crippen LogP contribution >= 0.6 is 0 Å². The van der Waals surface area contributed by atoms with Crippen molar-refractivity contribution in [2.45, 2.75) is 6.54 Å². The molecule has 0 saturated carbocycles. The molecule has 0 aromatic heterocycles. The molecule has 2 aliphatic rings. The van der Waals surface area contributed by atoms with Crippen LogP contribution in [0.15, 0.2) is 18.2 Å². The van der Waals surface area contributed by atoms with E-state index in [1.165, 1.54) is 6.07 Å². The van der Waals surface area contributed by atoms with E-state index >= 15 is 0 Å². The van der Waals surface area contributed by atoms with Gasteiger partial charge in [-0.1, -0.05) is 6.07 Å². The summed E-state index contributed by atoms with van der Waals surface area (Å²) in [6.07, 6.45) is 0. The molecule has 2 atom stereocenters. The normalized spacial score (nSPS) is 27.1. The summed E-state index contributed by atoms with van der Waals surface area (Å²) in [7, 11) is 0. The molecule has 0 amide bonds. The second kappa shape index (κ2) is 4.68. The van der Waals surface area contributed by atoms with Crippen LogP contribution in [0, 0.1) is 29.0 Å². The molecule has 1 N–H and O–H groups in total. The highest BCUT2D eigenvalue weighted by atomic mass is 19.1. The van der Waals surface area contributed by atoms with Gasteiger partial charge in [0.05, 0.1) is 11.6 Å². The summed E-state index contributed by atoms with van der Waals surface area (Å²) in [4.78, 5) is 2.32. The topological polar surface area (TPSA) is 39.1 Å². The number of nitrogens with zero attached hydrogens (tertiary/aromatic N) is 2. The molecule has 2 fully saturated rings. The van der Waals surface area contributed by atoms with Crippen LogP contribution in [0.5, 0.6) is 0 Å². The maximum absolute atomic E-state index is 13.8. The van der Waals surface area contributed by atoms with Crippen molar-refractivity contribution < 1.29 is 4.39 Å². The first-order valence-electron chi connectivity index (χ1n) is 6.38. The fourth-order valence-electron chi connectivity index (χ4n) is 3.07. The van der Waals surface area contributed by atoms with Gasteiger partial charge >= 0.3 is 0 Å². The number of fused-ring (bicyclic) bond motifs is 1. The number of hydrogen-bond donors (Lipinski definition) is 1. The molecule has 3 rings (SSSR count). The summed E-state index contributed by atoms with van der Waals surface area (Å²) in [6.45, 7) is 4.95. The smallest absolute Gasteiger partial charge is 0.129 e. The molecule has 2 heterocycles. The van der Waals surface area contributed by atoms with Crippen LogP contribution in [0.3, 0.4) is 0 Å². The van der Waals surface area contributed by atoms with E-state index < -0.39 is 0 Å². The van der Waals surface area contributed by atoms with Crippen molar-refractivity contribution in [2.24, 2.45) is 11.8 Å². The Hall–Kier alpha value is -1.44. The van der Waals surface area contributed by atoms with Gasteiger partial charge in [-0.25, -0.2) is 4.39 Å². The largest absolute Gasteiger partial charge is 0.316 e. The summed E-state index contributed by atoms with van der Waals surface area (Å²) in [5.41, 5.74) is 1.08. The molecule has 0 radical (unpaired) electrons. The van der Waals surface area contributed by atoms with Crippen LogP contribution in [0.2, 0.25) is 0 Å². The number of hydrogen-bond acceptors (Lipinski definition) is 3. The van der Waals surface area contributed by atoms with E-state index in [2.05, 4.69) is 10.2 Å². The molecule has 3 nitrogen and oxygen atoms in total. The van der Waals surface area contributed by atoms with Gasteiger partial charge in [-0.15, -0.1) is 0 Å². The molecule has 94 valence electrons. The summed E-state index contributed by atoms with van der Waals surface area (Å²) < 4.78 is 13.8. The third-order valence-corrected chi connectivity index (χ3v) is 4.04. The van der Waals surface area contributed by atoms with Crippen molar-refractivity contribution in [3.63, 3.8) is 0 Å². The summed E-state index contributed by atoms with van der Waals surface area (Å²) >= 11 is 0. The molecule has 0 spiro atoms. The Balaban J connectivity index is 1.69. The second-order valence-corrected chi connectivity index (χ2v) is 5.29. The van der Waals surface area contributed by atoms with Crippen molar-refractivity contribution >= 4 is 0 Å². The molecule has 2 unspecified atom stereocenters. The Bertz CT molecular complexity index is 482. The van der Waals surface area contributed by atoms with Gasteiger partial charge in [0, 0.05) is 25.2 Å². The minimum atomic E-state index is -0.260. The molecule has 1 aromatic carbocycles. The first-order valence-corrected chi connectivity index (χ1v) is 6.38. The maximum atomic E-state index is 13.8. The van der Waals surface area contributed by atoms with Crippen molar-refractivity contribution in [2.75, 3.05) is 26.2 Å². The van der Waals surface area contributed by atoms with E-state index in [0.717, 1.165) is 38.0 Å². The Kier molecular flexibility index (Phi) is 3.02. The fourth-order valence-corrected chi connectivity index (χ4v) is 3.07. The quantitative estimate of drug-likeness (QED) is 0.855. The van der Waals surface area contributed by atoms with Gasteiger partial charge in [0.15, 0.2) is 0 Å². The standard InChI is InChI=1S/C14H16FN3/c15-14-3-10(4-16)1-2-11(14)7-18-8-12-5-17-6-13(12)9-18/h1-3,12-13,17H,5-9H2. The average Bonchev–Trinajstić information content (AvgIpc) is 2.92. The van der Waals surface area contributed by atoms with E-state index in [9.17, 15) is 4.39 Å². The molecular weight excluding hydrogens is 229 g/mol. The van der Waals surface area contributed by atoms with Crippen LogP contribution in [0.1, 0.15) is 11.1 Å². The fraction of sp³-hybridized carbons (Fsp3) is 0.500.